The lowest BCUT2D eigenvalue weighted by atomic mass is 10.1. The maximum Gasteiger partial charge on any atom is 0.303 e. The van der Waals surface area contributed by atoms with Crippen molar-refractivity contribution >= 4 is 5.97 Å². The third kappa shape index (κ3) is 2.79. The van der Waals surface area contributed by atoms with Gasteiger partial charge in [0.2, 0.25) is 0 Å². The van der Waals surface area contributed by atoms with Crippen LogP contribution in [0.4, 0.5) is 8.78 Å². The van der Waals surface area contributed by atoms with Crippen LogP contribution in [-0.4, -0.2) is 31.3 Å². The highest BCUT2D eigenvalue weighted by molar-refractivity contribution is 5.66. The monoisotopic (exact) mass is 282 g/mol. The first kappa shape index (κ1) is 14.0. The fourth-order valence-corrected chi connectivity index (χ4v) is 1.78. The number of halogens is 2. The van der Waals surface area contributed by atoms with E-state index in [9.17, 15) is 13.6 Å². The van der Waals surface area contributed by atoms with Gasteiger partial charge in [-0.2, -0.15) is 0 Å². The van der Waals surface area contributed by atoms with Gasteiger partial charge in [-0.05, 0) is 35.4 Å². The van der Waals surface area contributed by atoms with Gasteiger partial charge in [0.05, 0.1) is 5.56 Å². The Hall–Kier alpha value is -2.38. The van der Waals surface area contributed by atoms with Crippen LogP contribution in [0.5, 0.6) is 0 Å². The summed E-state index contributed by atoms with van der Waals surface area (Å²) < 4.78 is 29.0. The van der Waals surface area contributed by atoms with E-state index in [-0.39, 0.29) is 36.3 Å². The summed E-state index contributed by atoms with van der Waals surface area (Å²) in [5.41, 5.74) is -0.0215. The van der Waals surface area contributed by atoms with Crippen LogP contribution in [0.1, 0.15) is 18.4 Å². The summed E-state index contributed by atoms with van der Waals surface area (Å²) in [4.78, 5) is 10.5. The highest BCUT2D eigenvalue weighted by Crippen LogP contribution is 2.25. The molecule has 2 rings (SSSR count). The minimum atomic E-state index is -0.951. The number of benzene rings is 1. The molecule has 6 nitrogen and oxygen atoms in total. The maximum atomic E-state index is 14.0. The van der Waals surface area contributed by atoms with Crippen LogP contribution in [0, 0.1) is 18.6 Å². The zero-order valence-electron chi connectivity index (χ0n) is 10.7. The molecule has 106 valence electrons. The van der Waals surface area contributed by atoms with Crippen LogP contribution < -0.4 is 0 Å². The Labute approximate surface area is 113 Å². The van der Waals surface area contributed by atoms with Gasteiger partial charge in [0.1, 0.15) is 11.6 Å². The van der Waals surface area contributed by atoms with Gasteiger partial charge in [0.15, 0.2) is 5.82 Å². The van der Waals surface area contributed by atoms with E-state index in [1.165, 1.54) is 17.7 Å². The van der Waals surface area contributed by atoms with E-state index in [0.717, 1.165) is 6.07 Å². The van der Waals surface area contributed by atoms with E-state index in [1.807, 2.05) is 0 Å². The van der Waals surface area contributed by atoms with Gasteiger partial charge in [-0.15, -0.1) is 5.10 Å². The minimum absolute atomic E-state index is 0.0471. The van der Waals surface area contributed by atoms with Gasteiger partial charge in [-0.3, -0.25) is 4.79 Å². The van der Waals surface area contributed by atoms with Crippen LogP contribution in [0.25, 0.3) is 11.4 Å². The second-order valence-electron chi connectivity index (χ2n) is 4.28. The Kier molecular flexibility index (Phi) is 4.02. The largest absolute Gasteiger partial charge is 0.481 e. The molecule has 1 aromatic heterocycles. The molecule has 0 aliphatic rings. The molecule has 1 N–H and O–H groups in total. The van der Waals surface area contributed by atoms with Gasteiger partial charge in [-0.1, -0.05) is 6.07 Å². The smallest absolute Gasteiger partial charge is 0.303 e. The number of carbonyl (C=O) groups is 1. The first-order chi connectivity index (χ1) is 9.50. The number of carboxylic acid groups (broad SMARTS) is 1. The lowest BCUT2D eigenvalue weighted by Gasteiger charge is -2.07. The van der Waals surface area contributed by atoms with Crippen molar-refractivity contribution in [3.05, 3.63) is 29.3 Å². The number of rotatable bonds is 5. The molecule has 0 saturated carbocycles. The molecule has 1 heterocycles. The van der Waals surface area contributed by atoms with E-state index < -0.39 is 17.6 Å². The summed E-state index contributed by atoms with van der Waals surface area (Å²) in [5, 5.41) is 19.2. The van der Waals surface area contributed by atoms with Crippen molar-refractivity contribution in [1.29, 1.82) is 0 Å². The molecular formula is C12H12F2N4O2. The van der Waals surface area contributed by atoms with Crippen molar-refractivity contribution in [3.8, 4) is 11.4 Å². The van der Waals surface area contributed by atoms with Crippen molar-refractivity contribution in [3.63, 3.8) is 0 Å². The lowest BCUT2D eigenvalue weighted by Crippen LogP contribution is -2.07. The van der Waals surface area contributed by atoms with Crippen LogP contribution >= 0.6 is 0 Å². The number of aromatic nitrogens is 4. The predicted molar refractivity (Wildman–Crippen MR) is 64.8 cm³/mol. The molecule has 2 aromatic rings. The number of hydrogen-bond acceptors (Lipinski definition) is 4. The fourth-order valence-electron chi connectivity index (χ4n) is 1.78. The molecule has 0 bridgehead atoms. The lowest BCUT2D eigenvalue weighted by molar-refractivity contribution is -0.137. The quantitative estimate of drug-likeness (QED) is 0.904. The Morgan fingerprint density at radius 2 is 2.15 bits per heavy atom. The number of aliphatic carboxylic acids is 1. The summed E-state index contributed by atoms with van der Waals surface area (Å²) in [6.07, 6.45) is 0.195. The van der Waals surface area contributed by atoms with Gasteiger partial charge in [0, 0.05) is 13.0 Å². The van der Waals surface area contributed by atoms with Crippen LogP contribution in [0.15, 0.2) is 12.1 Å². The van der Waals surface area contributed by atoms with Gasteiger partial charge >= 0.3 is 5.97 Å². The molecule has 0 fully saturated rings. The highest BCUT2D eigenvalue weighted by atomic mass is 19.1. The molecule has 0 unspecified atom stereocenters. The van der Waals surface area contributed by atoms with Crippen LogP contribution in [-0.2, 0) is 11.3 Å². The fraction of sp³-hybridized carbons (Fsp3) is 0.333. The Morgan fingerprint density at radius 3 is 2.85 bits per heavy atom. The second-order valence-corrected chi connectivity index (χ2v) is 4.28. The molecule has 0 amide bonds. The topological polar surface area (TPSA) is 80.9 Å². The Balaban J connectivity index is 2.33. The molecule has 0 spiro atoms. The van der Waals surface area contributed by atoms with Crippen molar-refractivity contribution in [1.82, 2.24) is 20.2 Å². The number of carboxylic acids is 1. The standard InChI is InChI=1S/C12H12F2N4O2/c1-7-4-5-8(13)10(11(7)14)12-15-16-17-18(12)6-2-3-9(19)20/h4-5H,2-3,6H2,1H3,(H,19,20). The molecule has 20 heavy (non-hydrogen) atoms. The molecule has 1 aromatic carbocycles. The molecule has 0 radical (unpaired) electrons. The average molecular weight is 282 g/mol. The van der Waals surface area contributed by atoms with E-state index >= 15 is 0 Å². The number of nitrogens with zero attached hydrogens (tertiary/aromatic N) is 4. The summed E-state index contributed by atoms with van der Waals surface area (Å²) in [5.74, 6) is -2.48. The predicted octanol–water partition coefficient (Wildman–Crippen LogP) is 1.79. The van der Waals surface area contributed by atoms with Crippen molar-refractivity contribution < 1.29 is 18.7 Å². The van der Waals surface area contributed by atoms with E-state index in [0.29, 0.717) is 0 Å². The first-order valence-electron chi connectivity index (χ1n) is 5.93. The zero-order chi connectivity index (χ0) is 14.7. The SMILES string of the molecule is Cc1ccc(F)c(-c2nnnn2CCCC(=O)O)c1F. The number of hydrogen-bond donors (Lipinski definition) is 1. The van der Waals surface area contributed by atoms with E-state index in [2.05, 4.69) is 15.5 Å². The van der Waals surface area contributed by atoms with Crippen molar-refractivity contribution in [2.45, 2.75) is 26.3 Å². The van der Waals surface area contributed by atoms with Gasteiger partial charge in [-0.25, -0.2) is 13.5 Å². The van der Waals surface area contributed by atoms with E-state index in [4.69, 9.17) is 5.11 Å². The molecule has 0 aliphatic carbocycles. The minimum Gasteiger partial charge on any atom is -0.481 e. The third-order valence-corrected chi connectivity index (χ3v) is 2.80. The van der Waals surface area contributed by atoms with Crippen LogP contribution in [0.3, 0.4) is 0 Å². The summed E-state index contributed by atoms with van der Waals surface area (Å²) in [6, 6.07) is 2.47. The van der Waals surface area contributed by atoms with Crippen LogP contribution in [0.2, 0.25) is 0 Å². The average Bonchev–Trinajstić information content (AvgIpc) is 2.82. The normalized spacial score (nSPS) is 10.8. The van der Waals surface area contributed by atoms with Gasteiger partial charge < -0.3 is 5.11 Å². The summed E-state index contributed by atoms with van der Waals surface area (Å²) in [6.45, 7) is 1.68. The van der Waals surface area contributed by atoms with Crippen molar-refractivity contribution in [2.24, 2.45) is 0 Å². The molecular weight excluding hydrogens is 270 g/mol. The number of aryl methyl sites for hydroxylation is 2. The maximum absolute atomic E-state index is 14.0. The van der Waals surface area contributed by atoms with Crippen molar-refractivity contribution in [2.75, 3.05) is 0 Å². The molecule has 0 saturated heterocycles. The van der Waals surface area contributed by atoms with E-state index in [1.54, 1.807) is 0 Å². The molecule has 0 aliphatic heterocycles. The highest BCUT2D eigenvalue weighted by Gasteiger charge is 2.19. The zero-order valence-corrected chi connectivity index (χ0v) is 10.7. The first-order valence-corrected chi connectivity index (χ1v) is 5.93. The Bertz CT molecular complexity index is 642. The molecule has 0 atom stereocenters. The summed E-state index contributed by atoms with van der Waals surface area (Å²) >= 11 is 0. The number of tetrazole rings is 1. The third-order valence-electron chi connectivity index (χ3n) is 2.80. The summed E-state index contributed by atoms with van der Waals surface area (Å²) in [7, 11) is 0. The Morgan fingerprint density at radius 1 is 1.40 bits per heavy atom. The van der Waals surface area contributed by atoms with Gasteiger partial charge in [0.25, 0.3) is 0 Å². The second kappa shape index (κ2) is 5.72. The molecule has 8 heteroatoms.